The highest BCUT2D eigenvalue weighted by Gasteiger charge is 2.34. The third-order valence-corrected chi connectivity index (χ3v) is 5.13. The smallest absolute Gasteiger partial charge is 0.339 e. The molecule has 1 aliphatic carbocycles. The molecule has 0 N–H and O–H groups in total. The van der Waals surface area contributed by atoms with E-state index < -0.39 is 0 Å². The van der Waals surface area contributed by atoms with Crippen LogP contribution in [0.2, 0.25) is 0 Å². The summed E-state index contributed by atoms with van der Waals surface area (Å²) in [6.07, 6.45) is 6.21. The molecular formula is C17H20N6O2. The van der Waals surface area contributed by atoms with Crippen LogP contribution in [0, 0.1) is 0 Å². The minimum Gasteiger partial charge on any atom is -0.339 e. The van der Waals surface area contributed by atoms with Crippen molar-refractivity contribution in [3.05, 3.63) is 46.6 Å². The maximum absolute atomic E-state index is 12.4. The fourth-order valence-corrected chi connectivity index (χ4v) is 3.60. The van der Waals surface area contributed by atoms with E-state index in [1.807, 2.05) is 18.2 Å². The highest BCUT2D eigenvalue weighted by atomic mass is 16.5. The largest absolute Gasteiger partial charge is 0.350 e. The van der Waals surface area contributed by atoms with Crippen LogP contribution in [-0.2, 0) is 6.54 Å². The summed E-state index contributed by atoms with van der Waals surface area (Å²) in [6.45, 7) is 2.30. The topological polar surface area (TPSA) is 81.5 Å². The second kappa shape index (κ2) is 5.80. The molecule has 1 saturated heterocycles. The first-order chi connectivity index (χ1) is 12.3. The summed E-state index contributed by atoms with van der Waals surface area (Å²) in [5.41, 5.74) is 0.583. The average Bonchev–Trinajstić information content (AvgIpc) is 3.06. The number of hydrogen-bond donors (Lipinski definition) is 0. The van der Waals surface area contributed by atoms with Gasteiger partial charge in [-0.15, -0.1) is 5.10 Å². The second-order valence-corrected chi connectivity index (χ2v) is 6.89. The molecule has 25 heavy (non-hydrogen) atoms. The molecule has 5 rings (SSSR count). The van der Waals surface area contributed by atoms with Gasteiger partial charge in [0.2, 0.25) is 5.89 Å². The first-order valence-electron chi connectivity index (χ1n) is 8.91. The van der Waals surface area contributed by atoms with Crippen molar-refractivity contribution in [1.29, 1.82) is 0 Å². The van der Waals surface area contributed by atoms with Gasteiger partial charge in [0.25, 0.3) is 0 Å². The summed E-state index contributed by atoms with van der Waals surface area (Å²) in [4.78, 5) is 19.3. The molecule has 0 spiro atoms. The molecule has 3 aromatic rings. The molecule has 4 heterocycles. The van der Waals surface area contributed by atoms with Gasteiger partial charge in [-0.2, -0.15) is 4.98 Å². The summed E-state index contributed by atoms with van der Waals surface area (Å²) in [7, 11) is 0. The van der Waals surface area contributed by atoms with Crippen LogP contribution in [0.25, 0.3) is 5.65 Å². The Morgan fingerprint density at radius 3 is 2.96 bits per heavy atom. The van der Waals surface area contributed by atoms with Gasteiger partial charge in [-0.05, 0) is 44.4 Å². The number of fused-ring (bicyclic) bond motifs is 1. The van der Waals surface area contributed by atoms with E-state index in [-0.39, 0.29) is 11.7 Å². The molecule has 1 aliphatic heterocycles. The van der Waals surface area contributed by atoms with Gasteiger partial charge in [0.15, 0.2) is 11.5 Å². The third-order valence-electron chi connectivity index (χ3n) is 5.13. The van der Waals surface area contributed by atoms with E-state index in [9.17, 15) is 4.79 Å². The molecule has 3 aromatic heterocycles. The lowest BCUT2D eigenvalue weighted by Gasteiger charge is -2.21. The maximum Gasteiger partial charge on any atom is 0.350 e. The number of hydrogen-bond acceptors (Lipinski definition) is 6. The van der Waals surface area contributed by atoms with Crippen molar-refractivity contribution in [2.75, 3.05) is 13.1 Å². The molecule has 2 fully saturated rings. The van der Waals surface area contributed by atoms with E-state index in [2.05, 4.69) is 20.1 Å². The van der Waals surface area contributed by atoms with Crippen molar-refractivity contribution in [2.24, 2.45) is 0 Å². The predicted octanol–water partition coefficient (Wildman–Crippen LogP) is 1.59. The zero-order valence-corrected chi connectivity index (χ0v) is 13.9. The van der Waals surface area contributed by atoms with Gasteiger partial charge in [-0.25, -0.2) is 9.48 Å². The lowest BCUT2D eigenvalue weighted by molar-refractivity contribution is 0.229. The Balaban J connectivity index is 1.32. The lowest BCUT2D eigenvalue weighted by atomic mass is 10.2. The van der Waals surface area contributed by atoms with Crippen molar-refractivity contribution >= 4 is 5.65 Å². The van der Waals surface area contributed by atoms with Crippen LogP contribution in [0.4, 0.5) is 0 Å². The highest BCUT2D eigenvalue weighted by molar-refractivity contribution is 5.35. The number of rotatable bonds is 5. The van der Waals surface area contributed by atoms with E-state index in [4.69, 9.17) is 4.52 Å². The van der Waals surface area contributed by atoms with Crippen LogP contribution in [0.5, 0.6) is 0 Å². The van der Waals surface area contributed by atoms with Gasteiger partial charge in [0.05, 0.1) is 12.6 Å². The standard InChI is InChI=1S/C17H20N6O2/c24-17-22-9-2-1-5-14(22)19-23(17)11-10-21-8-3-4-13(21)15-18-16(25-20-15)12-6-7-12/h1-2,5,9,12-13H,3-4,6-8,10-11H2/t13-/m1/s1. The van der Waals surface area contributed by atoms with Crippen molar-refractivity contribution in [1.82, 2.24) is 29.2 Å². The fourth-order valence-electron chi connectivity index (χ4n) is 3.60. The minimum atomic E-state index is -0.0954. The normalized spacial score (nSPS) is 21.4. The SMILES string of the molecule is O=c1n(CCN2CCC[C@@H]2c2noc(C3CC3)n2)nc2ccccn12. The summed E-state index contributed by atoms with van der Waals surface area (Å²) in [5.74, 6) is 2.06. The first-order valence-corrected chi connectivity index (χ1v) is 8.91. The second-order valence-electron chi connectivity index (χ2n) is 6.89. The van der Waals surface area contributed by atoms with Gasteiger partial charge in [0, 0.05) is 18.7 Å². The summed E-state index contributed by atoms with van der Waals surface area (Å²) in [5, 5.41) is 8.60. The van der Waals surface area contributed by atoms with Crippen LogP contribution < -0.4 is 5.69 Å². The Kier molecular flexibility index (Phi) is 3.44. The van der Waals surface area contributed by atoms with Crippen LogP contribution in [0.1, 0.15) is 49.4 Å². The van der Waals surface area contributed by atoms with E-state index in [1.165, 1.54) is 4.68 Å². The molecule has 0 bridgehead atoms. The number of nitrogens with zero attached hydrogens (tertiary/aromatic N) is 6. The quantitative estimate of drug-likeness (QED) is 0.702. The van der Waals surface area contributed by atoms with Gasteiger partial charge < -0.3 is 4.52 Å². The molecule has 0 aromatic carbocycles. The number of aromatic nitrogens is 5. The molecule has 0 amide bonds. The summed E-state index contributed by atoms with van der Waals surface area (Å²) in [6, 6.07) is 5.75. The van der Waals surface area contributed by atoms with Gasteiger partial charge in [-0.3, -0.25) is 9.30 Å². The molecule has 0 radical (unpaired) electrons. The van der Waals surface area contributed by atoms with Crippen LogP contribution >= 0.6 is 0 Å². The van der Waals surface area contributed by atoms with Crippen LogP contribution in [0.15, 0.2) is 33.7 Å². The third kappa shape index (κ3) is 2.66. The fraction of sp³-hybridized carbons (Fsp3) is 0.529. The Morgan fingerprint density at radius 2 is 2.12 bits per heavy atom. The van der Waals surface area contributed by atoms with E-state index >= 15 is 0 Å². The van der Waals surface area contributed by atoms with Crippen molar-refractivity contribution in [3.8, 4) is 0 Å². The van der Waals surface area contributed by atoms with Gasteiger partial charge >= 0.3 is 5.69 Å². The Bertz CT molecular complexity index is 953. The van der Waals surface area contributed by atoms with Crippen molar-refractivity contribution < 1.29 is 4.52 Å². The maximum atomic E-state index is 12.4. The van der Waals surface area contributed by atoms with Crippen LogP contribution in [-0.4, -0.2) is 42.3 Å². The van der Waals surface area contributed by atoms with E-state index in [1.54, 1.807) is 10.6 Å². The summed E-state index contributed by atoms with van der Waals surface area (Å²) < 4.78 is 8.52. The Hall–Kier alpha value is -2.48. The predicted molar refractivity (Wildman–Crippen MR) is 89.3 cm³/mol. The molecular weight excluding hydrogens is 320 g/mol. The molecule has 0 unspecified atom stereocenters. The lowest BCUT2D eigenvalue weighted by Crippen LogP contribution is -2.31. The van der Waals surface area contributed by atoms with Gasteiger partial charge in [0.1, 0.15) is 0 Å². The number of pyridine rings is 1. The Labute approximate surface area is 144 Å². The summed E-state index contributed by atoms with van der Waals surface area (Å²) >= 11 is 0. The van der Waals surface area contributed by atoms with Crippen molar-refractivity contribution in [3.63, 3.8) is 0 Å². The molecule has 2 aliphatic rings. The van der Waals surface area contributed by atoms with Crippen LogP contribution in [0.3, 0.4) is 0 Å². The molecule has 1 atom stereocenters. The van der Waals surface area contributed by atoms with Gasteiger partial charge in [-0.1, -0.05) is 11.2 Å². The highest BCUT2D eigenvalue weighted by Crippen LogP contribution is 2.40. The molecule has 8 nitrogen and oxygen atoms in total. The minimum absolute atomic E-state index is 0.0954. The molecule has 8 heteroatoms. The zero-order chi connectivity index (χ0) is 16.8. The Morgan fingerprint density at radius 1 is 1.20 bits per heavy atom. The zero-order valence-electron chi connectivity index (χ0n) is 13.9. The molecule has 1 saturated carbocycles. The van der Waals surface area contributed by atoms with E-state index in [0.29, 0.717) is 18.1 Å². The monoisotopic (exact) mass is 340 g/mol. The number of likely N-dealkylation sites (tertiary alicyclic amines) is 1. The first kappa shape index (κ1) is 14.8. The average molecular weight is 340 g/mol. The van der Waals surface area contributed by atoms with E-state index in [0.717, 1.165) is 50.5 Å². The molecule has 130 valence electrons. The van der Waals surface area contributed by atoms with Crippen molar-refractivity contribution in [2.45, 2.75) is 44.2 Å².